The number of fused-ring (bicyclic) bond motifs is 2. The number of ketones is 1. The number of rotatable bonds is 11. The Morgan fingerprint density at radius 2 is 1.47 bits per heavy atom. The van der Waals surface area contributed by atoms with Crippen LogP contribution in [-0.2, 0) is 36.7 Å². The normalized spacial score (nSPS) is 12.6. The van der Waals surface area contributed by atoms with Crippen LogP contribution in [0.3, 0.4) is 0 Å². The fourth-order valence-electron chi connectivity index (χ4n) is 6.45. The predicted molar refractivity (Wildman–Crippen MR) is 213 cm³/mol. The Morgan fingerprint density at radius 1 is 0.868 bits per heavy atom. The number of halogens is 3. The van der Waals surface area contributed by atoms with E-state index in [0.717, 1.165) is 62.9 Å². The number of pyridine rings is 1. The second kappa shape index (κ2) is 18.3. The number of aliphatic hydroxyl groups is 1. The first kappa shape index (κ1) is 44.1. The monoisotopic (exact) mass is 921 g/mol. The van der Waals surface area contributed by atoms with Gasteiger partial charge in [-0.15, -0.1) is 40.5 Å². The summed E-state index contributed by atoms with van der Waals surface area (Å²) < 4.78 is 41.1. The van der Waals surface area contributed by atoms with E-state index in [0.29, 0.717) is 5.56 Å². The predicted octanol–water partition coefficient (Wildman–Crippen LogP) is 13.9. The molecule has 2 aromatic heterocycles. The molecule has 1 radical (unpaired) electrons. The zero-order valence-corrected chi connectivity index (χ0v) is 35.6. The molecule has 5 rings (SSSR count). The van der Waals surface area contributed by atoms with Crippen LogP contribution in [0.4, 0.5) is 13.2 Å². The summed E-state index contributed by atoms with van der Waals surface area (Å²) >= 11 is 1.65. The minimum atomic E-state index is -4.24. The molecule has 0 unspecified atom stereocenters. The molecule has 287 valence electrons. The Balaban J connectivity index is 0.000000403. The number of hydrogen-bond acceptors (Lipinski definition) is 4. The van der Waals surface area contributed by atoms with Crippen LogP contribution >= 0.6 is 11.3 Å². The number of aliphatic hydroxyl groups excluding tert-OH is 1. The summed E-state index contributed by atoms with van der Waals surface area (Å²) in [5.41, 5.74) is 2.97. The van der Waals surface area contributed by atoms with E-state index in [4.69, 9.17) is 4.98 Å². The first-order valence-electron chi connectivity index (χ1n) is 18.4. The number of benzene rings is 3. The second-order valence-electron chi connectivity index (χ2n) is 15.3. The topological polar surface area (TPSA) is 50.2 Å². The molecule has 1 N–H and O–H groups in total. The van der Waals surface area contributed by atoms with Gasteiger partial charge in [-0.2, -0.15) is 13.2 Å². The minimum absolute atomic E-state index is 0. The Bertz CT molecular complexity index is 2000. The third kappa shape index (κ3) is 10.7. The number of aromatic nitrogens is 1. The molecule has 0 fully saturated rings. The van der Waals surface area contributed by atoms with Gasteiger partial charge in [-0.3, -0.25) is 9.78 Å². The van der Waals surface area contributed by atoms with Crippen molar-refractivity contribution in [2.45, 2.75) is 106 Å². The standard InChI is InChI=1S/C32H29F3NS.C13H24O2.Ir/c1-30(2,3)26-17-24(16-22-8-6-7-9-25(22)26)28-29-23(14-15-36-28)18-27(37-29)21-12-10-20(11-13-21)19-31(4,5)32(33,34)35;1-5-10(6-2)12(14)9-13(15)11(7-3)8-4;/h6-15,17-18H,19H2,1-5H3;9-11,14H,5-8H2,1-4H3;/q-1;;/b;12-9-;. The van der Waals surface area contributed by atoms with E-state index < -0.39 is 11.6 Å². The van der Waals surface area contributed by atoms with Crippen molar-refractivity contribution in [2.75, 3.05) is 0 Å². The SMILES string of the molecule is CC(C)(C)c1cc(-c2nccc3cc(-c4ccc(CC(C)(C)C(F)(F)F)cc4)sc23)[c-]c2ccccc12.CCC(CC)C(=O)/C=C(\O)C(CC)CC.[Ir]. The number of hydrogen-bond donors (Lipinski definition) is 1. The molecule has 0 aliphatic carbocycles. The molecule has 0 saturated heterocycles. The van der Waals surface area contributed by atoms with Crippen molar-refractivity contribution >= 4 is 38.0 Å². The maximum atomic E-state index is 13.3. The number of carbonyl (C=O) groups excluding carboxylic acids is 1. The number of carbonyl (C=O) groups is 1. The van der Waals surface area contributed by atoms with Crippen LogP contribution in [0.25, 0.3) is 42.6 Å². The van der Waals surface area contributed by atoms with E-state index in [1.54, 1.807) is 23.5 Å². The molecular formula is C45H53F3IrNO2S-. The molecule has 3 aromatic carbocycles. The largest absolute Gasteiger partial charge is 0.512 e. The first-order valence-corrected chi connectivity index (χ1v) is 19.2. The fourth-order valence-corrected chi connectivity index (χ4v) is 7.62. The summed E-state index contributed by atoms with van der Waals surface area (Å²) in [4.78, 5) is 17.5. The third-order valence-corrected chi connectivity index (χ3v) is 11.2. The molecule has 0 saturated carbocycles. The van der Waals surface area contributed by atoms with Gasteiger partial charge in [-0.1, -0.05) is 116 Å². The van der Waals surface area contributed by atoms with Crippen LogP contribution in [0.5, 0.6) is 0 Å². The molecule has 0 amide bonds. The molecule has 0 spiro atoms. The number of alkyl halides is 3. The molecule has 5 aromatic rings. The van der Waals surface area contributed by atoms with Gasteiger partial charge in [0, 0.05) is 59.5 Å². The molecule has 0 aliphatic rings. The van der Waals surface area contributed by atoms with Crippen LogP contribution in [0.2, 0.25) is 0 Å². The van der Waals surface area contributed by atoms with Crippen LogP contribution in [0.1, 0.15) is 99.1 Å². The maximum absolute atomic E-state index is 13.3. The molecule has 0 bridgehead atoms. The molecule has 0 atom stereocenters. The summed E-state index contributed by atoms with van der Waals surface area (Å²) in [5, 5.41) is 13.1. The van der Waals surface area contributed by atoms with Crippen LogP contribution in [0.15, 0.2) is 84.8 Å². The fraction of sp³-hybridized carbons (Fsp3) is 0.422. The van der Waals surface area contributed by atoms with E-state index in [2.05, 4.69) is 57.2 Å². The summed E-state index contributed by atoms with van der Waals surface area (Å²) in [6.07, 6.45) is 2.44. The number of thiophene rings is 1. The number of allylic oxidation sites excluding steroid dienone is 2. The van der Waals surface area contributed by atoms with Gasteiger partial charge >= 0.3 is 6.18 Å². The second-order valence-corrected chi connectivity index (χ2v) is 16.4. The van der Waals surface area contributed by atoms with Gasteiger partial charge in [0.2, 0.25) is 0 Å². The Kier molecular flexibility index (Phi) is 15.3. The van der Waals surface area contributed by atoms with Crippen molar-refractivity contribution in [1.82, 2.24) is 4.98 Å². The van der Waals surface area contributed by atoms with Crippen molar-refractivity contribution in [1.29, 1.82) is 0 Å². The van der Waals surface area contributed by atoms with Crippen LogP contribution < -0.4 is 0 Å². The zero-order valence-electron chi connectivity index (χ0n) is 32.4. The Labute approximate surface area is 331 Å². The van der Waals surface area contributed by atoms with Gasteiger partial charge in [-0.25, -0.2) is 0 Å². The molecule has 53 heavy (non-hydrogen) atoms. The Morgan fingerprint density at radius 3 is 2.04 bits per heavy atom. The molecule has 2 heterocycles. The molecule has 8 heteroatoms. The molecule has 0 aliphatic heterocycles. The van der Waals surface area contributed by atoms with Gasteiger partial charge in [0.25, 0.3) is 0 Å². The average Bonchev–Trinajstić information content (AvgIpc) is 3.53. The van der Waals surface area contributed by atoms with Crippen LogP contribution in [-0.4, -0.2) is 22.1 Å². The van der Waals surface area contributed by atoms with Gasteiger partial charge in [0.15, 0.2) is 5.78 Å². The summed E-state index contributed by atoms with van der Waals surface area (Å²) in [6, 6.07) is 25.7. The van der Waals surface area contributed by atoms with Gasteiger partial charge < -0.3 is 5.11 Å². The maximum Gasteiger partial charge on any atom is 0.394 e. The van der Waals surface area contributed by atoms with E-state index in [-0.39, 0.29) is 55.3 Å². The summed E-state index contributed by atoms with van der Waals surface area (Å²) in [6.45, 7) is 17.2. The van der Waals surface area contributed by atoms with E-state index in [1.165, 1.54) is 30.9 Å². The number of nitrogens with zero attached hydrogens (tertiary/aromatic N) is 1. The summed E-state index contributed by atoms with van der Waals surface area (Å²) in [7, 11) is 0. The van der Waals surface area contributed by atoms with Gasteiger partial charge in [0.1, 0.15) is 0 Å². The van der Waals surface area contributed by atoms with Crippen molar-refractivity contribution in [3.05, 3.63) is 102 Å². The van der Waals surface area contributed by atoms with E-state index in [9.17, 15) is 23.1 Å². The quantitative estimate of drug-likeness (QED) is 0.0816. The van der Waals surface area contributed by atoms with Gasteiger partial charge in [0.05, 0.1) is 11.2 Å². The molecule has 3 nitrogen and oxygen atoms in total. The molecular weight excluding hydrogens is 868 g/mol. The van der Waals surface area contributed by atoms with Gasteiger partial charge in [-0.05, 0) is 66.2 Å². The average molecular weight is 921 g/mol. The van der Waals surface area contributed by atoms with Crippen molar-refractivity contribution in [3.63, 3.8) is 0 Å². The minimum Gasteiger partial charge on any atom is -0.512 e. The third-order valence-electron chi connectivity index (χ3n) is 10.0. The summed E-state index contributed by atoms with van der Waals surface area (Å²) in [5.74, 6) is 0.547. The van der Waals surface area contributed by atoms with Crippen molar-refractivity contribution in [3.8, 4) is 21.7 Å². The van der Waals surface area contributed by atoms with Crippen molar-refractivity contribution in [2.24, 2.45) is 17.3 Å². The first-order chi connectivity index (χ1) is 24.4. The zero-order chi connectivity index (χ0) is 38.4. The smallest absolute Gasteiger partial charge is 0.394 e. The Hall–Kier alpha value is -3.32. The van der Waals surface area contributed by atoms with E-state index >= 15 is 0 Å². The van der Waals surface area contributed by atoms with Crippen molar-refractivity contribution < 1.29 is 43.2 Å². The van der Waals surface area contributed by atoms with E-state index in [1.807, 2.05) is 58.2 Å². The van der Waals surface area contributed by atoms with Crippen LogP contribution in [0, 0.1) is 23.3 Å².